The van der Waals surface area contributed by atoms with Crippen molar-refractivity contribution in [2.45, 2.75) is 70.1 Å². The lowest BCUT2D eigenvalue weighted by atomic mass is 9.84. The van der Waals surface area contributed by atoms with Crippen molar-refractivity contribution in [1.82, 2.24) is 4.98 Å². The molecule has 0 aliphatic heterocycles. The van der Waals surface area contributed by atoms with Gasteiger partial charge in [0.25, 0.3) is 0 Å². The SMILES string of the molecule is c1cc(C2CCCCCCC2)c2c3c([nH]c2c1)CCC3. The van der Waals surface area contributed by atoms with Gasteiger partial charge in [-0.05, 0) is 55.2 Å². The molecular formula is C19H25N. The summed E-state index contributed by atoms with van der Waals surface area (Å²) in [6, 6.07) is 6.96. The van der Waals surface area contributed by atoms with Crippen LogP contribution in [0.15, 0.2) is 18.2 Å². The molecule has 4 rings (SSSR count). The van der Waals surface area contributed by atoms with E-state index in [-0.39, 0.29) is 0 Å². The third kappa shape index (κ3) is 2.08. The Balaban J connectivity index is 1.78. The van der Waals surface area contributed by atoms with Crippen LogP contribution in [0.25, 0.3) is 10.9 Å². The zero-order valence-electron chi connectivity index (χ0n) is 12.4. The first-order valence-electron chi connectivity index (χ1n) is 8.56. The predicted octanol–water partition coefficient (Wildman–Crippen LogP) is 5.48. The van der Waals surface area contributed by atoms with Crippen LogP contribution < -0.4 is 0 Å². The van der Waals surface area contributed by atoms with Gasteiger partial charge in [-0.25, -0.2) is 0 Å². The van der Waals surface area contributed by atoms with Crippen LogP contribution in [0.5, 0.6) is 0 Å². The number of nitrogens with one attached hydrogen (secondary N) is 1. The van der Waals surface area contributed by atoms with Crippen molar-refractivity contribution >= 4 is 10.9 Å². The van der Waals surface area contributed by atoms with Gasteiger partial charge < -0.3 is 4.98 Å². The minimum Gasteiger partial charge on any atom is -0.358 e. The first kappa shape index (κ1) is 12.5. The lowest BCUT2D eigenvalue weighted by Crippen LogP contribution is -2.03. The molecule has 0 unspecified atom stereocenters. The fourth-order valence-electron chi connectivity index (χ4n) is 4.44. The summed E-state index contributed by atoms with van der Waals surface area (Å²) in [5, 5.41) is 1.60. The standard InChI is InChI=1S/C19H25N/c1-2-4-8-14(9-5-3-1)15-10-6-13-18-19(15)16-11-7-12-17(16)20-18/h6,10,13-14,20H,1-5,7-9,11-12H2. The van der Waals surface area contributed by atoms with Crippen molar-refractivity contribution in [3.05, 3.63) is 35.0 Å². The average Bonchev–Trinajstić information content (AvgIpc) is 2.98. The van der Waals surface area contributed by atoms with Crippen LogP contribution in [0, 0.1) is 0 Å². The minimum absolute atomic E-state index is 0.805. The van der Waals surface area contributed by atoms with Gasteiger partial charge in [0.05, 0.1) is 0 Å². The molecule has 1 aromatic carbocycles. The Morgan fingerprint density at radius 2 is 1.65 bits per heavy atom. The lowest BCUT2D eigenvalue weighted by molar-refractivity contribution is 0.457. The number of rotatable bonds is 1. The zero-order chi connectivity index (χ0) is 13.4. The highest BCUT2D eigenvalue weighted by atomic mass is 14.7. The summed E-state index contributed by atoms with van der Waals surface area (Å²) < 4.78 is 0. The zero-order valence-corrected chi connectivity index (χ0v) is 12.4. The van der Waals surface area contributed by atoms with E-state index in [1.807, 2.05) is 0 Å². The minimum atomic E-state index is 0.805. The Bertz CT molecular complexity index is 599. The summed E-state index contributed by atoms with van der Waals surface area (Å²) in [6.45, 7) is 0. The number of aromatic amines is 1. The molecule has 1 heterocycles. The smallest absolute Gasteiger partial charge is 0.0461 e. The third-order valence-electron chi connectivity index (χ3n) is 5.45. The van der Waals surface area contributed by atoms with Crippen molar-refractivity contribution in [2.75, 3.05) is 0 Å². The summed E-state index contributed by atoms with van der Waals surface area (Å²) in [5.74, 6) is 0.805. The molecule has 0 radical (unpaired) electrons. The highest BCUT2D eigenvalue weighted by molar-refractivity contribution is 5.89. The van der Waals surface area contributed by atoms with Gasteiger partial charge >= 0.3 is 0 Å². The van der Waals surface area contributed by atoms with E-state index < -0.39 is 0 Å². The number of hydrogen-bond donors (Lipinski definition) is 1. The number of fused-ring (bicyclic) bond motifs is 3. The maximum Gasteiger partial charge on any atom is 0.0461 e. The fourth-order valence-corrected chi connectivity index (χ4v) is 4.44. The van der Waals surface area contributed by atoms with Gasteiger partial charge in [0.15, 0.2) is 0 Å². The first-order valence-corrected chi connectivity index (χ1v) is 8.56. The van der Waals surface area contributed by atoms with Gasteiger partial charge in [0.1, 0.15) is 0 Å². The van der Waals surface area contributed by atoms with E-state index in [1.54, 1.807) is 16.5 Å². The monoisotopic (exact) mass is 267 g/mol. The molecule has 0 saturated heterocycles. The quantitative estimate of drug-likeness (QED) is 0.703. The molecule has 0 spiro atoms. The summed E-state index contributed by atoms with van der Waals surface area (Å²) in [7, 11) is 0. The molecule has 0 amide bonds. The first-order chi connectivity index (χ1) is 9.93. The molecule has 20 heavy (non-hydrogen) atoms. The number of aromatic nitrogens is 1. The summed E-state index contributed by atoms with van der Waals surface area (Å²) in [4.78, 5) is 3.68. The Morgan fingerprint density at radius 1 is 0.850 bits per heavy atom. The number of H-pyrrole nitrogens is 1. The van der Waals surface area contributed by atoms with Gasteiger partial charge in [-0.1, -0.05) is 44.2 Å². The molecule has 1 saturated carbocycles. The second-order valence-electron chi connectivity index (χ2n) is 6.75. The van der Waals surface area contributed by atoms with Gasteiger partial charge in [-0.15, -0.1) is 0 Å². The van der Waals surface area contributed by atoms with Crippen molar-refractivity contribution in [3.8, 4) is 0 Å². The second kappa shape index (κ2) is 5.27. The molecule has 1 fully saturated rings. The molecule has 1 heteroatoms. The molecule has 0 bridgehead atoms. The highest BCUT2D eigenvalue weighted by Crippen LogP contribution is 2.39. The van der Waals surface area contributed by atoms with Crippen molar-refractivity contribution in [2.24, 2.45) is 0 Å². The Morgan fingerprint density at radius 3 is 2.50 bits per heavy atom. The second-order valence-corrected chi connectivity index (χ2v) is 6.75. The topological polar surface area (TPSA) is 15.8 Å². The predicted molar refractivity (Wildman–Crippen MR) is 85.4 cm³/mol. The number of aryl methyl sites for hydroxylation is 2. The van der Waals surface area contributed by atoms with E-state index in [0.717, 1.165) is 5.92 Å². The van der Waals surface area contributed by atoms with Crippen LogP contribution in [0.2, 0.25) is 0 Å². The van der Waals surface area contributed by atoms with Gasteiger partial charge in [0.2, 0.25) is 0 Å². The molecule has 1 aromatic heterocycles. The number of hydrogen-bond acceptors (Lipinski definition) is 0. The largest absolute Gasteiger partial charge is 0.358 e. The molecule has 0 atom stereocenters. The van der Waals surface area contributed by atoms with E-state index in [1.165, 1.54) is 75.4 Å². The molecule has 1 nitrogen and oxygen atoms in total. The van der Waals surface area contributed by atoms with Crippen LogP contribution in [-0.4, -0.2) is 4.98 Å². The maximum absolute atomic E-state index is 3.68. The highest BCUT2D eigenvalue weighted by Gasteiger charge is 2.22. The van der Waals surface area contributed by atoms with E-state index in [4.69, 9.17) is 0 Å². The molecule has 2 aliphatic carbocycles. The molecule has 2 aliphatic rings. The van der Waals surface area contributed by atoms with Crippen molar-refractivity contribution < 1.29 is 0 Å². The molecular weight excluding hydrogens is 242 g/mol. The van der Waals surface area contributed by atoms with Crippen LogP contribution in [-0.2, 0) is 12.8 Å². The average molecular weight is 267 g/mol. The molecule has 2 aromatic rings. The fraction of sp³-hybridized carbons (Fsp3) is 0.579. The Labute approximate surface area is 121 Å². The van der Waals surface area contributed by atoms with E-state index in [2.05, 4.69) is 23.2 Å². The van der Waals surface area contributed by atoms with E-state index in [9.17, 15) is 0 Å². The van der Waals surface area contributed by atoms with Crippen LogP contribution in [0.1, 0.15) is 74.1 Å². The van der Waals surface area contributed by atoms with Crippen molar-refractivity contribution in [3.63, 3.8) is 0 Å². The normalized spacial score (nSPS) is 20.8. The van der Waals surface area contributed by atoms with Gasteiger partial charge in [0, 0.05) is 16.6 Å². The van der Waals surface area contributed by atoms with Crippen LogP contribution in [0.4, 0.5) is 0 Å². The van der Waals surface area contributed by atoms with E-state index >= 15 is 0 Å². The maximum atomic E-state index is 3.68. The van der Waals surface area contributed by atoms with Gasteiger partial charge in [-0.2, -0.15) is 0 Å². The molecule has 1 N–H and O–H groups in total. The molecule has 106 valence electrons. The summed E-state index contributed by atoms with van der Waals surface area (Å²) >= 11 is 0. The van der Waals surface area contributed by atoms with Crippen LogP contribution in [0.3, 0.4) is 0 Å². The lowest BCUT2D eigenvalue weighted by Gasteiger charge is -2.21. The summed E-state index contributed by atoms with van der Waals surface area (Å²) in [6.07, 6.45) is 13.9. The Hall–Kier alpha value is -1.24. The number of benzene rings is 1. The van der Waals surface area contributed by atoms with Gasteiger partial charge in [-0.3, -0.25) is 0 Å². The summed E-state index contributed by atoms with van der Waals surface area (Å²) in [5.41, 5.74) is 6.23. The van der Waals surface area contributed by atoms with Crippen molar-refractivity contribution in [1.29, 1.82) is 0 Å². The van der Waals surface area contributed by atoms with E-state index in [0.29, 0.717) is 0 Å². The Kier molecular flexibility index (Phi) is 3.29. The van der Waals surface area contributed by atoms with Crippen LogP contribution >= 0.6 is 0 Å². The third-order valence-corrected chi connectivity index (χ3v) is 5.45.